The molecule has 0 spiro atoms. The third-order valence-corrected chi connectivity index (χ3v) is 6.80. The largest absolute Gasteiger partial charge is 0.481 e. The number of carboxylic acids is 1. The van der Waals surface area contributed by atoms with Crippen LogP contribution in [0.25, 0.3) is 0 Å². The molecule has 0 bridgehead atoms. The summed E-state index contributed by atoms with van der Waals surface area (Å²) in [6.07, 6.45) is 2.20. The molecular weight excluding hydrogens is 336 g/mol. The lowest BCUT2D eigenvalue weighted by molar-refractivity contribution is -0.149. The fraction of sp³-hybridized carbons (Fsp3) is 0.600. The van der Waals surface area contributed by atoms with Crippen LogP contribution in [0.1, 0.15) is 29.8 Å². The topological polar surface area (TPSA) is 108 Å². The highest BCUT2D eigenvalue weighted by Gasteiger charge is 2.56. The summed E-state index contributed by atoms with van der Waals surface area (Å²) in [7, 11) is -1.01. The second-order valence-corrected chi connectivity index (χ2v) is 8.73. The molecule has 9 heteroatoms. The van der Waals surface area contributed by atoms with Crippen LogP contribution in [0.15, 0.2) is 21.6 Å². The molecule has 2 atom stereocenters. The van der Waals surface area contributed by atoms with E-state index < -0.39 is 27.3 Å². The summed E-state index contributed by atoms with van der Waals surface area (Å²) in [6, 6.07) is 2.56. The molecule has 3 rings (SSSR count). The van der Waals surface area contributed by atoms with Gasteiger partial charge in [0.2, 0.25) is 5.09 Å². The molecule has 0 unspecified atom stereocenters. The first kappa shape index (κ1) is 17.0. The Bertz CT molecular complexity index is 784. The molecule has 0 aromatic carbocycles. The summed E-state index contributed by atoms with van der Waals surface area (Å²) < 4.78 is 30.3. The number of aliphatic carboxylic acids is 1. The van der Waals surface area contributed by atoms with Crippen molar-refractivity contribution < 1.29 is 27.5 Å². The second kappa shape index (κ2) is 5.59. The SMILES string of the molecule is CN(C)S(=O)(=O)c1ccc(C(=O)N2C[C@@H]3CCC[C@@]3(C(=O)O)C2)o1. The van der Waals surface area contributed by atoms with Crippen molar-refractivity contribution in [2.75, 3.05) is 27.2 Å². The molecule has 2 aliphatic rings. The number of carbonyl (C=O) groups is 2. The predicted octanol–water partition coefficient (Wildman–Crippen LogP) is 0.857. The van der Waals surface area contributed by atoms with E-state index in [2.05, 4.69) is 0 Å². The average Bonchev–Trinajstić information content (AvgIpc) is 3.20. The van der Waals surface area contributed by atoms with Gasteiger partial charge in [-0.2, -0.15) is 0 Å². The Balaban J connectivity index is 1.82. The lowest BCUT2D eigenvalue weighted by Gasteiger charge is -2.22. The van der Waals surface area contributed by atoms with Crippen molar-refractivity contribution in [1.82, 2.24) is 9.21 Å². The van der Waals surface area contributed by atoms with E-state index in [-0.39, 0.29) is 23.3 Å². The fourth-order valence-electron chi connectivity index (χ4n) is 3.70. The van der Waals surface area contributed by atoms with E-state index in [1.54, 1.807) is 0 Å². The van der Waals surface area contributed by atoms with Crippen LogP contribution in [0.4, 0.5) is 0 Å². The highest BCUT2D eigenvalue weighted by atomic mass is 32.2. The number of likely N-dealkylation sites (tertiary alicyclic amines) is 1. The molecule has 1 amide bonds. The van der Waals surface area contributed by atoms with Crippen molar-refractivity contribution in [1.29, 1.82) is 0 Å². The van der Waals surface area contributed by atoms with E-state index in [9.17, 15) is 23.1 Å². The predicted molar refractivity (Wildman–Crippen MR) is 82.9 cm³/mol. The highest BCUT2D eigenvalue weighted by Crippen LogP contribution is 2.49. The zero-order valence-corrected chi connectivity index (χ0v) is 14.4. The Morgan fingerprint density at radius 3 is 2.67 bits per heavy atom. The van der Waals surface area contributed by atoms with E-state index in [0.29, 0.717) is 13.0 Å². The molecule has 1 aliphatic heterocycles. The Labute approximate surface area is 140 Å². The number of rotatable bonds is 4. The minimum atomic E-state index is -3.75. The number of amides is 1. The molecule has 1 N–H and O–H groups in total. The summed E-state index contributed by atoms with van der Waals surface area (Å²) in [5.41, 5.74) is -0.874. The van der Waals surface area contributed by atoms with E-state index >= 15 is 0 Å². The molecule has 1 aromatic rings. The highest BCUT2D eigenvalue weighted by molar-refractivity contribution is 7.88. The van der Waals surface area contributed by atoms with Gasteiger partial charge in [0.25, 0.3) is 15.9 Å². The van der Waals surface area contributed by atoms with Gasteiger partial charge >= 0.3 is 5.97 Å². The standard InChI is InChI=1S/C15H20N2O6S/c1-16(2)24(21,22)12-6-5-11(23-12)13(18)17-8-10-4-3-7-15(10,9-17)14(19)20/h5-6,10H,3-4,7-9H2,1-2H3,(H,19,20)/t10-,15+/m0/s1. The van der Waals surface area contributed by atoms with Gasteiger partial charge in [0, 0.05) is 27.2 Å². The summed E-state index contributed by atoms with van der Waals surface area (Å²) in [5.74, 6) is -1.48. The first-order valence-electron chi connectivity index (χ1n) is 7.73. The first-order valence-corrected chi connectivity index (χ1v) is 9.17. The molecule has 24 heavy (non-hydrogen) atoms. The molecule has 2 heterocycles. The minimum Gasteiger partial charge on any atom is -0.481 e. The van der Waals surface area contributed by atoms with Crippen molar-refractivity contribution in [3.05, 3.63) is 17.9 Å². The maximum absolute atomic E-state index is 12.6. The number of carboxylic acid groups (broad SMARTS) is 1. The van der Waals surface area contributed by atoms with E-state index in [1.807, 2.05) is 0 Å². The second-order valence-electron chi connectivity index (χ2n) is 6.64. The van der Waals surface area contributed by atoms with Crippen molar-refractivity contribution in [3.63, 3.8) is 0 Å². The summed E-state index contributed by atoms with van der Waals surface area (Å²) >= 11 is 0. The Kier molecular flexibility index (Phi) is 3.95. The number of sulfonamides is 1. The van der Waals surface area contributed by atoms with Crippen molar-refractivity contribution >= 4 is 21.9 Å². The summed E-state index contributed by atoms with van der Waals surface area (Å²) in [4.78, 5) is 25.7. The van der Waals surface area contributed by atoms with Gasteiger partial charge in [-0.25, -0.2) is 12.7 Å². The van der Waals surface area contributed by atoms with Crippen LogP contribution in [-0.2, 0) is 14.8 Å². The van der Waals surface area contributed by atoms with Crippen LogP contribution in [-0.4, -0.2) is 61.8 Å². The van der Waals surface area contributed by atoms with Gasteiger partial charge in [-0.15, -0.1) is 0 Å². The number of hydrogen-bond acceptors (Lipinski definition) is 5. The Hall–Kier alpha value is -1.87. The van der Waals surface area contributed by atoms with Gasteiger partial charge in [0.05, 0.1) is 5.41 Å². The van der Waals surface area contributed by atoms with Crippen LogP contribution in [0.2, 0.25) is 0 Å². The lowest BCUT2D eigenvalue weighted by atomic mass is 9.81. The Morgan fingerprint density at radius 2 is 2.08 bits per heavy atom. The first-order chi connectivity index (χ1) is 11.2. The average molecular weight is 356 g/mol. The van der Waals surface area contributed by atoms with Gasteiger partial charge in [-0.05, 0) is 30.9 Å². The van der Waals surface area contributed by atoms with Crippen LogP contribution in [0.5, 0.6) is 0 Å². The summed E-state index contributed by atoms with van der Waals surface area (Å²) in [6.45, 7) is 0.504. The van der Waals surface area contributed by atoms with Crippen LogP contribution >= 0.6 is 0 Å². The monoisotopic (exact) mass is 356 g/mol. The summed E-state index contributed by atoms with van der Waals surface area (Å²) in [5, 5.41) is 9.27. The van der Waals surface area contributed by atoms with Gasteiger partial charge in [-0.1, -0.05) is 6.42 Å². The number of hydrogen-bond donors (Lipinski definition) is 1. The fourth-order valence-corrected chi connectivity index (χ4v) is 4.50. The van der Waals surface area contributed by atoms with Crippen LogP contribution < -0.4 is 0 Å². The molecule has 8 nitrogen and oxygen atoms in total. The lowest BCUT2D eigenvalue weighted by Crippen LogP contribution is -2.37. The number of carbonyl (C=O) groups excluding carboxylic acids is 1. The Morgan fingerprint density at radius 1 is 1.38 bits per heavy atom. The maximum atomic E-state index is 12.6. The maximum Gasteiger partial charge on any atom is 0.311 e. The zero-order valence-electron chi connectivity index (χ0n) is 13.6. The minimum absolute atomic E-state index is 0.0566. The molecular formula is C15H20N2O6S. The van der Waals surface area contributed by atoms with Crippen molar-refractivity contribution in [2.24, 2.45) is 11.3 Å². The van der Waals surface area contributed by atoms with E-state index in [1.165, 1.54) is 31.1 Å². The van der Waals surface area contributed by atoms with Crippen molar-refractivity contribution in [2.45, 2.75) is 24.4 Å². The molecule has 2 fully saturated rings. The number of fused-ring (bicyclic) bond motifs is 1. The number of furan rings is 1. The number of nitrogens with zero attached hydrogens (tertiary/aromatic N) is 2. The van der Waals surface area contributed by atoms with Crippen LogP contribution in [0.3, 0.4) is 0 Å². The van der Waals surface area contributed by atoms with E-state index in [0.717, 1.165) is 17.1 Å². The van der Waals surface area contributed by atoms with Gasteiger partial charge < -0.3 is 14.4 Å². The molecule has 1 aliphatic carbocycles. The quantitative estimate of drug-likeness (QED) is 0.857. The molecule has 1 saturated heterocycles. The van der Waals surface area contributed by atoms with E-state index in [4.69, 9.17) is 4.42 Å². The van der Waals surface area contributed by atoms with Gasteiger partial charge in [0.15, 0.2) is 5.76 Å². The third kappa shape index (κ3) is 2.42. The molecule has 1 saturated carbocycles. The molecule has 0 radical (unpaired) electrons. The molecule has 1 aromatic heterocycles. The third-order valence-electron chi connectivity index (χ3n) is 5.11. The normalized spacial score (nSPS) is 26.8. The van der Waals surface area contributed by atoms with Crippen LogP contribution in [0, 0.1) is 11.3 Å². The van der Waals surface area contributed by atoms with Gasteiger partial charge in [-0.3, -0.25) is 9.59 Å². The molecule has 132 valence electrons. The van der Waals surface area contributed by atoms with Crippen molar-refractivity contribution in [3.8, 4) is 0 Å². The van der Waals surface area contributed by atoms with Gasteiger partial charge in [0.1, 0.15) is 0 Å². The zero-order chi connectivity index (χ0) is 17.7. The smallest absolute Gasteiger partial charge is 0.311 e.